The van der Waals surface area contributed by atoms with Crippen LogP contribution < -0.4 is 0 Å². The van der Waals surface area contributed by atoms with E-state index in [9.17, 15) is 0 Å². The molecule has 0 unspecified atom stereocenters. The summed E-state index contributed by atoms with van der Waals surface area (Å²) < 4.78 is 0. The maximum atomic E-state index is 4.41. The van der Waals surface area contributed by atoms with Crippen molar-refractivity contribution in [2.45, 2.75) is 75.0 Å². The molecule has 3 fully saturated rings. The zero-order chi connectivity index (χ0) is 13.3. The molecule has 0 amide bonds. The molecule has 0 aromatic heterocycles. The number of unbranched alkanes of at least 4 members (excludes halogenated alkanes) is 1. The van der Waals surface area contributed by atoms with Crippen molar-refractivity contribution < 1.29 is 0 Å². The molecule has 4 rings (SSSR count). The smallest absolute Gasteiger partial charge is 0.00401 e. The molecule has 0 saturated heterocycles. The molecule has 2 bridgehead atoms. The fourth-order valence-corrected chi connectivity index (χ4v) is 4.59. The molecule has 1 aromatic rings. The normalized spacial score (nSPS) is 33.6. The summed E-state index contributed by atoms with van der Waals surface area (Å²) in [4.78, 5) is 1.09. The zero-order valence-corrected chi connectivity index (χ0v) is 13.0. The standard InChI is InChI=1S/C18H26S/c1-2-3-8-17-9-12-18(13-10-17,14-11-17)15-4-6-16(19)7-5-15/h4-7,19H,2-3,8-14H2,1H3. The summed E-state index contributed by atoms with van der Waals surface area (Å²) in [5.41, 5.74) is 2.81. The quantitative estimate of drug-likeness (QED) is 0.663. The van der Waals surface area contributed by atoms with E-state index in [2.05, 4.69) is 43.8 Å². The van der Waals surface area contributed by atoms with Crippen LogP contribution in [0.2, 0.25) is 0 Å². The Morgan fingerprint density at radius 1 is 0.947 bits per heavy atom. The minimum Gasteiger partial charge on any atom is -0.143 e. The van der Waals surface area contributed by atoms with Crippen molar-refractivity contribution in [1.29, 1.82) is 0 Å². The second-order valence-corrected chi connectivity index (χ2v) is 7.45. The van der Waals surface area contributed by atoms with Crippen molar-refractivity contribution >= 4 is 12.6 Å². The minimum absolute atomic E-state index is 0.509. The van der Waals surface area contributed by atoms with Gasteiger partial charge in [0.15, 0.2) is 0 Å². The van der Waals surface area contributed by atoms with E-state index < -0.39 is 0 Å². The van der Waals surface area contributed by atoms with Crippen LogP contribution in [0.1, 0.15) is 70.3 Å². The number of benzene rings is 1. The van der Waals surface area contributed by atoms with Crippen LogP contribution in [-0.4, -0.2) is 0 Å². The highest BCUT2D eigenvalue weighted by atomic mass is 32.1. The summed E-state index contributed by atoms with van der Waals surface area (Å²) >= 11 is 4.41. The molecule has 0 N–H and O–H groups in total. The van der Waals surface area contributed by atoms with Crippen molar-refractivity contribution in [3.8, 4) is 0 Å². The van der Waals surface area contributed by atoms with Crippen LogP contribution >= 0.6 is 12.6 Å². The molecule has 1 heteroatoms. The van der Waals surface area contributed by atoms with Gasteiger partial charge in [-0.2, -0.15) is 0 Å². The summed E-state index contributed by atoms with van der Waals surface area (Å²) in [6, 6.07) is 8.99. The van der Waals surface area contributed by atoms with Crippen LogP contribution in [0.3, 0.4) is 0 Å². The average molecular weight is 274 g/mol. The molecule has 1 aromatic carbocycles. The SMILES string of the molecule is CCCCC12CCC(c3ccc(S)cc3)(CC1)CC2. The minimum atomic E-state index is 0.509. The van der Waals surface area contributed by atoms with E-state index in [4.69, 9.17) is 0 Å². The first-order chi connectivity index (χ1) is 9.18. The second-order valence-electron chi connectivity index (χ2n) is 6.93. The van der Waals surface area contributed by atoms with Gasteiger partial charge in [0, 0.05) is 4.90 Å². The molecule has 0 radical (unpaired) electrons. The van der Waals surface area contributed by atoms with E-state index in [-0.39, 0.29) is 0 Å². The van der Waals surface area contributed by atoms with Gasteiger partial charge < -0.3 is 0 Å². The predicted molar refractivity (Wildman–Crippen MR) is 85.0 cm³/mol. The van der Waals surface area contributed by atoms with Crippen LogP contribution in [0.15, 0.2) is 29.2 Å². The molecule has 0 atom stereocenters. The number of hydrogen-bond acceptors (Lipinski definition) is 1. The molecular formula is C18H26S. The van der Waals surface area contributed by atoms with E-state index in [1.165, 1.54) is 57.8 Å². The molecule has 0 heterocycles. The lowest BCUT2D eigenvalue weighted by atomic mass is 9.51. The Morgan fingerprint density at radius 2 is 1.53 bits per heavy atom. The molecule has 3 saturated carbocycles. The van der Waals surface area contributed by atoms with Gasteiger partial charge in [-0.15, -0.1) is 12.6 Å². The number of thiol groups is 1. The van der Waals surface area contributed by atoms with Crippen LogP contribution in [0, 0.1) is 5.41 Å². The lowest BCUT2D eigenvalue weighted by molar-refractivity contribution is 0.0308. The monoisotopic (exact) mass is 274 g/mol. The fourth-order valence-electron chi connectivity index (χ4n) is 4.44. The van der Waals surface area contributed by atoms with E-state index >= 15 is 0 Å². The topological polar surface area (TPSA) is 0 Å². The van der Waals surface area contributed by atoms with Gasteiger partial charge in [-0.3, -0.25) is 0 Å². The Morgan fingerprint density at radius 3 is 2.05 bits per heavy atom. The van der Waals surface area contributed by atoms with E-state index in [1.807, 2.05) is 0 Å². The Hall–Kier alpha value is -0.430. The first kappa shape index (κ1) is 13.5. The largest absolute Gasteiger partial charge is 0.143 e. The van der Waals surface area contributed by atoms with Gasteiger partial charge in [-0.05, 0) is 73.5 Å². The third-order valence-electron chi connectivity index (χ3n) is 5.94. The van der Waals surface area contributed by atoms with Gasteiger partial charge in [0.25, 0.3) is 0 Å². The van der Waals surface area contributed by atoms with Gasteiger partial charge >= 0.3 is 0 Å². The Bertz CT molecular complexity index is 407. The van der Waals surface area contributed by atoms with Gasteiger partial charge in [0.1, 0.15) is 0 Å². The first-order valence-electron chi connectivity index (χ1n) is 7.98. The zero-order valence-electron chi connectivity index (χ0n) is 12.1. The Kier molecular flexibility index (Phi) is 3.68. The van der Waals surface area contributed by atoms with Crippen LogP contribution in [0.25, 0.3) is 0 Å². The summed E-state index contributed by atoms with van der Waals surface area (Å²) in [5.74, 6) is 0. The van der Waals surface area contributed by atoms with Crippen LogP contribution in [0.5, 0.6) is 0 Å². The average Bonchev–Trinajstić information content (AvgIpc) is 2.48. The number of hydrogen-bond donors (Lipinski definition) is 1. The number of rotatable bonds is 4. The Balaban J connectivity index is 1.75. The molecule has 0 spiro atoms. The Labute approximate surface area is 123 Å². The maximum Gasteiger partial charge on any atom is 0.00401 e. The number of fused-ring (bicyclic) bond motifs is 3. The highest BCUT2D eigenvalue weighted by Crippen LogP contribution is 2.59. The molecule has 3 aliphatic carbocycles. The van der Waals surface area contributed by atoms with Crippen molar-refractivity contribution in [3.63, 3.8) is 0 Å². The summed E-state index contributed by atoms with van der Waals surface area (Å²) in [7, 11) is 0. The summed E-state index contributed by atoms with van der Waals surface area (Å²) in [6.45, 7) is 2.33. The summed E-state index contributed by atoms with van der Waals surface area (Å²) in [6.07, 6.45) is 12.9. The van der Waals surface area contributed by atoms with Crippen LogP contribution in [-0.2, 0) is 5.41 Å². The van der Waals surface area contributed by atoms with Gasteiger partial charge in [0.2, 0.25) is 0 Å². The lowest BCUT2D eigenvalue weighted by Crippen LogP contribution is -2.44. The van der Waals surface area contributed by atoms with Crippen molar-refractivity contribution in [3.05, 3.63) is 29.8 Å². The van der Waals surface area contributed by atoms with Crippen molar-refractivity contribution in [2.24, 2.45) is 5.41 Å². The highest BCUT2D eigenvalue weighted by Gasteiger charge is 2.48. The van der Waals surface area contributed by atoms with Gasteiger partial charge in [-0.1, -0.05) is 31.9 Å². The third-order valence-corrected chi connectivity index (χ3v) is 6.24. The maximum absolute atomic E-state index is 4.41. The molecule has 0 nitrogen and oxygen atoms in total. The lowest BCUT2D eigenvalue weighted by Gasteiger charge is -2.54. The highest BCUT2D eigenvalue weighted by molar-refractivity contribution is 7.80. The molecule has 104 valence electrons. The van der Waals surface area contributed by atoms with E-state index in [0.717, 1.165) is 10.3 Å². The summed E-state index contributed by atoms with van der Waals surface area (Å²) in [5, 5.41) is 0. The van der Waals surface area contributed by atoms with Crippen molar-refractivity contribution in [2.75, 3.05) is 0 Å². The third kappa shape index (κ3) is 2.46. The van der Waals surface area contributed by atoms with Crippen LogP contribution in [0.4, 0.5) is 0 Å². The molecule has 3 aliphatic rings. The molecule has 0 aliphatic heterocycles. The van der Waals surface area contributed by atoms with Gasteiger partial charge in [-0.25, -0.2) is 0 Å². The molecule has 19 heavy (non-hydrogen) atoms. The van der Waals surface area contributed by atoms with Gasteiger partial charge in [0.05, 0.1) is 0 Å². The van der Waals surface area contributed by atoms with E-state index in [0.29, 0.717) is 5.41 Å². The first-order valence-corrected chi connectivity index (χ1v) is 8.42. The molecular weight excluding hydrogens is 248 g/mol. The predicted octanol–water partition coefficient (Wildman–Crippen LogP) is 5.76. The van der Waals surface area contributed by atoms with Crippen molar-refractivity contribution in [1.82, 2.24) is 0 Å². The second kappa shape index (κ2) is 5.16. The van der Waals surface area contributed by atoms with E-state index in [1.54, 1.807) is 5.56 Å². The fraction of sp³-hybridized carbons (Fsp3) is 0.667.